The second kappa shape index (κ2) is 5.51. The minimum absolute atomic E-state index is 0.0529. The monoisotopic (exact) mass is 252 g/mol. The van der Waals surface area contributed by atoms with Gasteiger partial charge in [-0.25, -0.2) is 4.98 Å². The summed E-state index contributed by atoms with van der Waals surface area (Å²) in [6.07, 6.45) is 1.63. The molecule has 1 aliphatic heterocycles. The first-order chi connectivity index (χ1) is 8.24. The molecule has 0 aliphatic carbocycles. The Labute approximate surface area is 105 Å². The number of carbonyl (C=O) groups excluding carboxylic acids is 1. The molecule has 92 valence electrons. The van der Waals surface area contributed by atoms with Crippen molar-refractivity contribution >= 4 is 17.5 Å². The molecule has 1 aromatic heterocycles. The standard InChI is InChI=1S/C12H16N2O2S/c1-14-6-7-17-8-9(14)12(15)11-10(16-2)4-3-5-13-11/h3-5,9H,6-8H2,1-2H3. The van der Waals surface area contributed by atoms with Crippen molar-refractivity contribution in [2.45, 2.75) is 6.04 Å². The first kappa shape index (κ1) is 12.4. The minimum Gasteiger partial charge on any atom is -0.494 e. The molecule has 0 N–H and O–H groups in total. The third kappa shape index (κ3) is 2.61. The van der Waals surface area contributed by atoms with Crippen molar-refractivity contribution in [2.24, 2.45) is 0 Å². The molecule has 1 fully saturated rings. The molecule has 17 heavy (non-hydrogen) atoms. The molecule has 2 heterocycles. The number of Topliss-reactive ketones (excluding diaryl/α,β-unsaturated/α-hetero) is 1. The first-order valence-corrected chi connectivity index (χ1v) is 6.70. The zero-order valence-corrected chi connectivity index (χ0v) is 10.9. The van der Waals surface area contributed by atoms with Crippen molar-refractivity contribution in [3.63, 3.8) is 0 Å². The molecule has 1 unspecified atom stereocenters. The highest BCUT2D eigenvalue weighted by Crippen LogP contribution is 2.22. The molecule has 1 aliphatic rings. The predicted octanol–water partition coefficient (Wildman–Crippen LogP) is 1.32. The van der Waals surface area contributed by atoms with E-state index in [4.69, 9.17) is 4.74 Å². The number of hydrogen-bond donors (Lipinski definition) is 0. The number of methoxy groups -OCH3 is 1. The Kier molecular flexibility index (Phi) is 4.02. The molecule has 4 nitrogen and oxygen atoms in total. The van der Waals surface area contributed by atoms with E-state index in [1.165, 1.54) is 0 Å². The first-order valence-electron chi connectivity index (χ1n) is 5.55. The molecule has 1 saturated heterocycles. The van der Waals surface area contributed by atoms with E-state index in [0.717, 1.165) is 18.1 Å². The number of aromatic nitrogens is 1. The lowest BCUT2D eigenvalue weighted by molar-refractivity contribution is 0.0866. The van der Waals surface area contributed by atoms with Crippen LogP contribution in [0.15, 0.2) is 18.3 Å². The van der Waals surface area contributed by atoms with E-state index in [1.807, 2.05) is 18.8 Å². The number of nitrogens with zero attached hydrogens (tertiary/aromatic N) is 2. The molecular formula is C12H16N2O2S. The Hall–Kier alpha value is -1.07. The van der Waals surface area contributed by atoms with Crippen LogP contribution in [0.25, 0.3) is 0 Å². The third-order valence-corrected chi connectivity index (χ3v) is 3.95. The maximum absolute atomic E-state index is 12.4. The summed E-state index contributed by atoms with van der Waals surface area (Å²) in [5.74, 6) is 2.52. The largest absolute Gasteiger partial charge is 0.494 e. The maximum atomic E-state index is 12.4. The third-order valence-electron chi connectivity index (χ3n) is 2.92. The van der Waals surface area contributed by atoms with Gasteiger partial charge in [0.2, 0.25) is 5.78 Å². The Morgan fingerprint density at radius 1 is 1.65 bits per heavy atom. The molecule has 1 aromatic rings. The van der Waals surface area contributed by atoms with E-state index in [0.29, 0.717) is 11.4 Å². The Bertz CT molecular complexity index is 411. The molecule has 0 aromatic carbocycles. The molecule has 0 saturated carbocycles. The molecular weight excluding hydrogens is 236 g/mol. The highest BCUT2D eigenvalue weighted by atomic mass is 32.2. The number of ketones is 1. The molecule has 5 heteroatoms. The number of carbonyl (C=O) groups is 1. The highest BCUT2D eigenvalue weighted by molar-refractivity contribution is 7.99. The van der Waals surface area contributed by atoms with Gasteiger partial charge < -0.3 is 4.74 Å². The van der Waals surface area contributed by atoms with E-state index in [1.54, 1.807) is 25.4 Å². The molecule has 2 rings (SSSR count). The van der Waals surface area contributed by atoms with Crippen LogP contribution in [0.3, 0.4) is 0 Å². The minimum atomic E-state index is -0.0856. The molecule has 0 radical (unpaired) electrons. The summed E-state index contributed by atoms with van der Waals surface area (Å²) in [4.78, 5) is 18.6. The van der Waals surface area contributed by atoms with Gasteiger partial charge in [-0.1, -0.05) is 0 Å². The van der Waals surface area contributed by atoms with E-state index < -0.39 is 0 Å². The van der Waals surface area contributed by atoms with Crippen LogP contribution in [0.5, 0.6) is 5.75 Å². The zero-order valence-electron chi connectivity index (χ0n) is 10.0. The van der Waals surface area contributed by atoms with E-state index >= 15 is 0 Å². The van der Waals surface area contributed by atoms with Crippen molar-refractivity contribution in [1.29, 1.82) is 0 Å². The van der Waals surface area contributed by atoms with Crippen LogP contribution in [0.1, 0.15) is 10.5 Å². The summed E-state index contributed by atoms with van der Waals surface area (Å²) in [6.45, 7) is 0.941. The van der Waals surface area contributed by atoms with Crippen molar-refractivity contribution in [3.8, 4) is 5.75 Å². The predicted molar refractivity (Wildman–Crippen MR) is 68.9 cm³/mol. The Morgan fingerprint density at radius 3 is 3.18 bits per heavy atom. The summed E-state index contributed by atoms with van der Waals surface area (Å²) in [5.41, 5.74) is 0.439. The van der Waals surface area contributed by atoms with Crippen LogP contribution >= 0.6 is 11.8 Å². The van der Waals surface area contributed by atoms with Crippen LogP contribution < -0.4 is 4.74 Å². The lowest BCUT2D eigenvalue weighted by Gasteiger charge is -2.30. The number of rotatable bonds is 3. The van der Waals surface area contributed by atoms with Crippen LogP contribution in [-0.2, 0) is 0 Å². The van der Waals surface area contributed by atoms with Gasteiger partial charge in [0.15, 0.2) is 0 Å². The Balaban J connectivity index is 2.23. The maximum Gasteiger partial charge on any atom is 0.202 e. The van der Waals surface area contributed by atoms with Crippen molar-refractivity contribution in [2.75, 3.05) is 32.2 Å². The van der Waals surface area contributed by atoms with Gasteiger partial charge in [-0.05, 0) is 19.2 Å². The van der Waals surface area contributed by atoms with Crippen LogP contribution in [0, 0.1) is 0 Å². The average Bonchev–Trinajstić information content (AvgIpc) is 2.38. The second-order valence-corrected chi connectivity index (χ2v) is 5.14. The zero-order chi connectivity index (χ0) is 12.3. The molecule has 0 amide bonds. The van der Waals surface area contributed by atoms with Gasteiger partial charge in [0.05, 0.1) is 13.2 Å². The van der Waals surface area contributed by atoms with Crippen LogP contribution in [0.4, 0.5) is 0 Å². The van der Waals surface area contributed by atoms with E-state index in [-0.39, 0.29) is 11.8 Å². The summed E-state index contributed by atoms with van der Waals surface area (Å²) in [7, 11) is 3.55. The van der Waals surface area contributed by atoms with Gasteiger partial charge in [-0.3, -0.25) is 9.69 Å². The lowest BCUT2D eigenvalue weighted by Crippen LogP contribution is -2.45. The van der Waals surface area contributed by atoms with Gasteiger partial charge in [0.1, 0.15) is 11.4 Å². The van der Waals surface area contributed by atoms with Crippen LogP contribution in [0.2, 0.25) is 0 Å². The van der Waals surface area contributed by atoms with E-state index in [2.05, 4.69) is 9.88 Å². The fraction of sp³-hybridized carbons (Fsp3) is 0.500. The van der Waals surface area contributed by atoms with Gasteiger partial charge >= 0.3 is 0 Å². The normalized spacial score (nSPS) is 21.2. The fourth-order valence-corrected chi connectivity index (χ4v) is 3.07. The summed E-state index contributed by atoms with van der Waals surface area (Å²) in [6, 6.07) is 3.46. The summed E-state index contributed by atoms with van der Waals surface area (Å²) in [5, 5.41) is 0. The fourth-order valence-electron chi connectivity index (χ4n) is 1.86. The van der Waals surface area contributed by atoms with Crippen LogP contribution in [-0.4, -0.2) is 53.9 Å². The van der Waals surface area contributed by atoms with Crippen molar-refractivity contribution in [1.82, 2.24) is 9.88 Å². The molecule has 1 atom stereocenters. The molecule has 0 bridgehead atoms. The lowest BCUT2D eigenvalue weighted by atomic mass is 10.1. The highest BCUT2D eigenvalue weighted by Gasteiger charge is 2.29. The number of thioether (sulfide) groups is 1. The van der Waals surface area contributed by atoms with E-state index in [9.17, 15) is 4.79 Å². The van der Waals surface area contributed by atoms with Gasteiger partial charge in [-0.2, -0.15) is 11.8 Å². The molecule has 0 spiro atoms. The van der Waals surface area contributed by atoms with Gasteiger partial charge in [0, 0.05) is 24.2 Å². The average molecular weight is 252 g/mol. The van der Waals surface area contributed by atoms with Gasteiger partial charge in [0.25, 0.3) is 0 Å². The summed E-state index contributed by atoms with van der Waals surface area (Å²) >= 11 is 1.81. The quantitative estimate of drug-likeness (QED) is 0.759. The smallest absolute Gasteiger partial charge is 0.202 e. The number of likely N-dealkylation sites (N-methyl/N-ethyl adjacent to an activating group) is 1. The number of ether oxygens (including phenoxy) is 1. The number of pyridine rings is 1. The van der Waals surface area contributed by atoms with Gasteiger partial charge in [-0.15, -0.1) is 0 Å². The number of hydrogen-bond acceptors (Lipinski definition) is 5. The van der Waals surface area contributed by atoms with Crippen molar-refractivity contribution < 1.29 is 9.53 Å². The summed E-state index contributed by atoms with van der Waals surface area (Å²) < 4.78 is 5.18. The topological polar surface area (TPSA) is 42.4 Å². The Morgan fingerprint density at radius 2 is 2.47 bits per heavy atom. The van der Waals surface area contributed by atoms with Crippen molar-refractivity contribution in [3.05, 3.63) is 24.0 Å². The second-order valence-electron chi connectivity index (χ2n) is 3.99. The SMILES string of the molecule is COc1cccnc1C(=O)C1CSCCN1C.